The van der Waals surface area contributed by atoms with Gasteiger partial charge in [-0.15, -0.1) is 11.3 Å². The van der Waals surface area contributed by atoms with E-state index in [0.29, 0.717) is 18.7 Å². The van der Waals surface area contributed by atoms with Crippen molar-refractivity contribution in [3.05, 3.63) is 105 Å². The highest BCUT2D eigenvalue weighted by Crippen LogP contribution is 2.23. The lowest BCUT2D eigenvalue weighted by Gasteiger charge is -2.29. The number of thiophene rings is 1. The Balaban J connectivity index is 1.14. The van der Waals surface area contributed by atoms with Crippen molar-refractivity contribution in [2.24, 2.45) is 0 Å². The summed E-state index contributed by atoms with van der Waals surface area (Å²) in [5, 5.41) is 10.4. The van der Waals surface area contributed by atoms with Gasteiger partial charge >= 0.3 is 0 Å². The number of nitrogens with zero attached hydrogens (tertiary/aromatic N) is 5. The average Bonchev–Trinajstić information content (AvgIpc) is 3.57. The molecule has 0 saturated heterocycles. The molecule has 1 aliphatic heterocycles. The molecule has 36 heavy (non-hydrogen) atoms. The second kappa shape index (κ2) is 9.54. The van der Waals surface area contributed by atoms with Crippen LogP contribution in [0.1, 0.15) is 37.6 Å². The number of aryl methyl sites for hydroxylation is 1. The van der Waals surface area contributed by atoms with Gasteiger partial charge in [0.2, 0.25) is 0 Å². The third kappa shape index (κ3) is 4.47. The first kappa shape index (κ1) is 22.4. The molecule has 6 rings (SSSR count). The number of pyridine rings is 2. The van der Waals surface area contributed by atoms with Gasteiger partial charge in [0.05, 0.1) is 23.7 Å². The van der Waals surface area contributed by atoms with Gasteiger partial charge < -0.3 is 10.2 Å². The first-order valence-electron chi connectivity index (χ1n) is 12.0. The molecule has 0 spiro atoms. The Hall–Kier alpha value is -4.04. The predicted octanol–water partition coefficient (Wildman–Crippen LogP) is 4.74. The van der Waals surface area contributed by atoms with Crippen molar-refractivity contribution in [2.75, 3.05) is 11.4 Å². The largest absolute Gasteiger partial charge is 0.352 e. The lowest BCUT2D eigenvalue weighted by atomic mass is 10.00. The van der Waals surface area contributed by atoms with E-state index in [4.69, 9.17) is 0 Å². The third-order valence-corrected chi connectivity index (χ3v) is 7.45. The molecule has 0 atom stereocenters. The molecule has 5 heterocycles. The van der Waals surface area contributed by atoms with E-state index in [1.165, 1.54) is 16.0 Å². The van der Waals surface area contributed by atoms with Crippen LogP contribution >= 0.6 is 11.3 Å². The topological polar surface area (TPSA) is 75.9 Å². The first-order chi connectivity index (χ1) is 17.6. The van der Waals surface area contributed by atoms with E-state index in [1.54, 1.807) is 17.5 Å². The zero-order valence-electron chi connectivity index (χ0n) is 20.0. The fraction of sp³-hybridized carbons (Fsp3) is 0.214. The Morgan fingerprint density at radius 3 is 2.78 bits per heavy atom. The van der Waals surface area contributed by atoms with E-state index < -0.39 is 0 Å². The van der Waals surface area contributed by atoms with Gasteiger partial charge in [0.1, 0.15) is 5.82 Å². The minimum Gasteiger partial charge on any atom is -0.352 e. The quantitative estimate of drug-likeness (QED) is 0.369. The fourth-order valence-corrected chi connectivity index (χ4v) is 5.39. The second-order valence-electron chi connectivity index (χ2n) is 9.08. The number of anilines is 1. The van der Waals surface area contributed by atoms with Gasteiger partial charge in [-0.25, -0.2) is 14.6 Å². The summed E-state index contributed by atoms with van der Waals surface area (Å²) >= 11 is 1.68. The average molecular weight is 495 g/mol. The molecule has 5 aromatic rings. The predicted molar refractivity (Wildman–Crippen MR) is 142 cm³/mol. The summed E-state index contributed by atoms with van der Waals surface area (Å²) in [6.45, 7) is 4.77. The molecule has 1 aliphatic rings. The minimum atomic E-state index is -0.141. The van der Waals surface area contributed by atoms with Crippen molar-refractivity contribution in [1.82, 2.24) is 25.1 Å². The summed E-state index contributed by atoms with van der Waals surface area (Å²) in [6.07, 6.45) is 4.61. The number of aromatic nitrogens is 4. The van der Waals surface area contributed by atoms with Crippen LogP contribution in [0, 0.1) is 6.92 Å². The Labute approximate surface area is 213 Å². The normalized spacial score (nSPS) is 13.1. The van der Waals surface area contributed by atoms with Crippen molar-refractivity contribution in [3.8, 4) is 0 Å². The van der Waals surface area contributed by atoms with Crippen LogP contribution in [-0.4, -0.2) is 32.2 Å². The highest BCUT2D eigenvalue weighted by molar-refractivity contribution is 7.09. The Bertz CT molecular complexity index is 1520. The lowest BCUT2D eigenvalue weighted by molar-refractivity contribution is 0.0952. The van der Waals surface area contributed by atoms with Gasteiger partial charge in [0.25, 0.3) is 5.91 Å². The molecule has 4 aromatic heterocycles. The van der Waals surface area contributed by atoms with Gasteiger partial charge in [0, 0.05) is 36.4 Å². The van der Waals surface area contributed by atoms with Crippen LogP contribution in [0.4, 0.5) is 5.82 Å². The summed E-state index contributed by atoms with van der Waals surface area (Å²) in [6, 6.07) is 18.6. The van der Waals surface area contributed by atoms with Crippen LogP contribution in [0.2, 0.25) is 0 Å². The molecule has 7 nitrogen and oxygen atoms in total. The van der Waals surface area contributed by atoms with E-state index in [2.05, 4.69) is 55.6 Å². The van der Waals surface area contributed by atoms with Crippen molar-refractivity contribution in [1.29, 1.82) is 0 Å². The highest BCUT2D eigenvalue weighted by Gasteiger charge is 2.18. The van der Waals surface area contributed by atoms with Gasteiger partial charge in [-0.1, -0.05) is 36.4 Å². The number of fused-ring (bicyclic) bond motifs is 2. The second-order valence-corrected chi connectivity index (χ2v) is 10.1. The number of carbonyl (C=O) groups excluding carboxylic acids is 1. The summed E-state index contributed by atoms with van der Waals surface area (Å²) in [7, 11) is 0. The van der Waals surface area contributed by atoms with Gasteiger partial charge in [-0.3, -0.25) is 4.79 Å². The Kier molecular flexibility index (Phi) is 5.95. The molecule has 0 saturated carbocycles. The summed E-state index contributed by atoms with van der Waals surface area (Å²) in [4.78, 5) is 26.0. The monoisotopic (exact) mass is 494 g/mol. The van der Waals surface area contributed by atoms with Gasteiger partial charge in [-0.05, 0) is 53.6 Å². The molecular weight excluding hydrogens is 468 g/mol. The standard InChI is InChI=1S/C28H26N6OS/c1-19-13-24(25-16-31-34(27(25)32-19)18-23-7-4-12-36-23)28(35)30-15-20-8-9-26(29-14-20)33-11-10-21-5-2-3-6-22(21)17-33/h2-9,12-14,16H,10-11,15,17-18H2,1H3,(H,30,35). The van der Waals surface area contributed by atoms with E-state index >= 15 is 0 Å². The van der Waals surface area contributed by atoms with Crippen LogP contribution in [0.3, 0.4) is 0 Å². The maximum Gasteiger partial charge on any atom is 0.252 e. The molecule has 0 bridgehead atoms. The summed E-state index contributed by atoms with van der Waals surface area (Å²) in [5.41, 5.74) is 5.84. The minimum absolute atomic E-state index is 0.141. The van der Waals surface area contributed by atoms with Crippen molar-refractivity contribution >= 4 is 34.1 Å². The van der Waals surface area contributed by atoms with Crippen molar-refractivity contribution in [3.63, 3.8) is 0 Å². The number of hydrogen-bond acceptors (Lipinski definition) is 6. The molecule has 0 fully saturated rings. The molecule has 0 unspecified atom stereocenters. The number of amides is 1. The summed E-state index contributed by atoms with van der Waals surface area (Å²) in [5.74, 6) is 0.821. The van der Waals surface area contributed by atoms with E-state index in [9.17, 15) is 4.79 Å². The number of carbonyl (C=O) groups is 1. The zero-order valence-corrected chi connectivity index (χ0v) is 20.8. The maximum atomic E-state index is 13.1. The van der Waals surface area contributed by atoms with Crippen molar-refractivity contribution < 1.29 is 4.79 Å². The van der Waals surface area contributed by atoms with Crippen LogP contribution < -0.4 is 10.2 Å². The molecule has 0 radical (unpaired) electrons. The van der Waals surface area contributed by atoms with Gasteiger partial charge in [0.15, 0.2) is 5.65 Å². The van der Waals surface area contributed by atoms with Crippen LogP contribution in [0.15, 0.2) is 72.4 Å². The van der Waals surface area contributed by atoms with E-state index in [1.807, 2.05) is 47.4 Å². The molecule has 8 heteroatoms. The molecule has 0 aliphatic carbocycles. The maximum absolute atomic E-state index is 13.1. The molecule has 1 amide bonds. The lowest BCUT2D eigenvalue weighted by Crippen LogP contribution is -2.31. The fourth-order valence-electron chi connectivity index (χ4n) is 4.70. The number of nitrogens with one attached hydrogen (secondary N) is 1. The Morgan fingerprint density at radius 1 is 1.08 bits per heavy atom. The number of hydrogen-bond donors (Lipinski definition) is 1. The smallest absolute Gasteiger partial charge is 0.252 e. The summed E-state index contributed by atoms with van der Waals surface area (Å²) < 4.78 is 1.85. The SMILES string of the molecule is Cc1cc(C(=O)NCc2ccc(N3CCc4ccccc4C3)nc2)c2cnn(Cc3cccs3)c2n1. The van der Waals surface area contributed by atoms with Crippen LogP contribution in [0.25, 0.3) is 11.0 Å². The van der Waals surface area contributed by atoms with E-state index in [-0.39, 0.29) is 5.91 Å². The zero-order chi connectivity index (χ0) is 24.5. The highest BCUT2D eigenvalue weighted by atomic mass is 32.1. The molecule has 1 aromatic carbocycles. The number of rotatable bonds is 6. The van der Waals surface area contributed by atoms with Gasteiger partial charge in [-0.2, -0.15) is 5.10 Å². The van der Waals surface area contributed by atoms with E-state index in [0.717, 1.165) is 47.6 Å². The molecular formula is C28H26N6OS. The Morgan fingerprint density at radius 2 is 1.97 bits per heavy atom. The van der Waals surface area contributed by atoms with Crippen LogP contribution in [-0.2, 0) is 26.1 Å². The van der Waals surface area contributed by atoms with Crippen LogP contribution in [0.5, 0.6) is 0 Å². The first-order valence-corrected chi connectivity index (χ1v) is 12.9. The third-order valence-electron chi connectivity index (χ3n) is 6.58. The molecule has 180 valence electrons. The van der Waals surface area contributed by atoms with Crippen molar-refractivity contribution in [2.45, 2.75) is 33.0 Å². The number of benzene rings is 1. The molecule has 1 N–H and O–H groups in total.